The highest BCUT2D eigenvalue weighted by molar-refractivity contribution is 9.10. The molecular weight excluding hydrogens is 308 g/mol. The van der Waals surface area contributed by atoms with Gasteiger partial charge in [-0.25, -0.2) is 10.8 Å². The quantitative estimate of drug-likeness (QED) is 0.554. The van der Waals surface area contributed by atoms with E-state index in [4.69, 9.17) is 5.84 Å². The molecule has 1 atom stereocenters. The first-order valence-electron chi connectivity index (χ1n) is 6.57. The van der Waals surface area contributed by atoms with Gasteiger partial charge < -0.3 is 10.7 Å². The predicted octanol–water partition coefficient (Wildman–Crippen LogP) is 2.44. The van der Waals surface area contributed by atoms with Gasteiger partial charge in [-0.05, 0) is 40.8 Å². The van der Waals surface area contributed by atoms with Gasteiger partial charge in [-0.2, -0.15) is 0 Å². The summed E-state index contributed by atoms with van der Waals surface area (Å²) < 4.78 is 0.756. The summed E-state index contributed by atoms with van der Waals surface area (Å²) in [4.78, 5) is 16.4. The van der Waals surface area contributed by atoms with Crippen molar-refractivity contribution in [3.63, 3.8) is 0 Å². The molecule has 19 heavy (non-hydrogen) atoms. The van der Waals surface area contributed by atoms with Crippen LogP contribution in [0, 0.1) is 5.92 Å². The minimum Gasteiger partial charge on any atom is -0.349 e. The second-order valence-corrected chi connectivity index (χ2v) is 5.87. The molecule has 1 aliphatic carbocycles. The smallest absolute Gasteiger partial charge is 0.255 e. The number of halogens is 1. The maximum absolute atomic E-state index is 12.3. The number of nitrogens with one attached hydrogen (secondary N) is 2. The van der Waals surface area contributed by atoms with Crippen molar-refractivity contribution < 1.29 is 4.79 Å². The van der Waals surface area contributed by atoms with Gasteiger partial charge in [0, 0.05) is 16.7 Å². The number of amides is 1. The second kappa shape index (κ2) is 6.34. The molecule has 4 N–H and O–H groups in total. The summed E-state index contributed by atoms with van der Waals surface area (Å²) >= 11 is 3.32. The van der Waals surface area contributed by atoms with Gasteiger partial charge in [0.25, 0.3) is 5.91 Å². The number of hydrogen-bond acceptors (Lipinski definition) is 4. The fourth-order valence-corrected chi connectivity index (χ4v) is 2.41. The van der Waals surface area contributed by atoms with Crippen molar-refractivity contribution in [3.05, 3.63) is 22.3 Å². The lowest BCUT2D eigenvalue weighted by Crippen LogP contribution is -2.35. The Bertz CT molecular complexity index is 462. The van der Waals surface area contributed by atoms with Gasteiger partial charge in [0.05, 0.1) is 5.56 Å². The van der Waals surface area contributed by atoms with Crippen LogP contribution in [0.1, 0.15) is 43.0 Å². The molecule has 5 nitrogen and oxygen atoms in total. The summed E-state index contributed by atoms with van der Waals surface area (Å²) in [5.74, 6) is 6.43. The molecule has 1 aromatic heterocycles. The monoisotopic (exact) mass is 326 g/mol. The van der Waals surface area contributed by atoms with Crippen molar-refractivity contribution in [1.82, 2.24) is 10.3 Å². The fraction of sp³-hybridized carbons (Fsp3) is 0.538. The van der Waals surface area contributed by atoms with Gasteiger partial charge >= 0.3 is 0 Å². The van der Waals surface area contributed by atoms with Crippen molar-refractivity contribution in [2.45, 2.75) is 38.6 Å². The number of carbonyl (C=O) groups is 1. The number of nitrogens with zero attached hydrogens (tertiary/aromatic N) is 1. The first kappa shape index (κ1) is 14.3. The van der Waals surface area contributed by atoms with E-state index in [0.717, 1.165) is 23.2 Å². The Hall–Kier alpha value is -1.14. The molecule has 1 saturated carbocycles. The molecule has 0 spiro atoms. The Morgan fingerprint density at radius 2 is 2.37 bits per heavy atom. The maximum Gasteiger partial charge on any atom is 0.255 e. The van der Waals surface area contributed by atoms with Crippen LogP contribution in [-0.4, -0.2) is 16.9 Å². The summed E-state index contributed by atoms with van der Waals surface area (Å²) in [5.41, 5.74) is 2.92. The molecule has 6 heteroatoms. The van der Waals surface area contributed by atoms with Crippen molar-refractivity contribution in [2.24, 2.45) is 11.8 Å². The molecule has 1 unspecified atom stereocenters. The Balaban J connectivity index is 2.06. The van der Waals surface area contributed by atoms with E-state index >= 15 is 0 Å². The average molecular weight is 327 g/mol. The van der Waals surface area contributed by atoms with Gasteiger partial charge in [-0.3, -0.25) is 4.79 Å². The lowest BCUT2D eigenvalue weighted by atomic mass is 10.1. The molecule has 1 aliphatic rings. The van der Waals surface area contributed by atoms with Crippen molar-refractivity contribution in [1.29, 1.82) is 0 Å². The highest BCUT2D eigenvalue weighted by atomic mass is 79.9. The number of anilines is 1. The normalized spacial score (nSPS) is 15.9. The minimum absolute atomic E-state index is 0.130. The molecule has 0 aromatic carbocycles. The Morgan fingerprint density at radius 1 is 1.63 bits per heavy atom. The van der Waals surface area contributed by atoms with Crippen LogP contribution in [0.3, 0.4) is 0 Å². The van der Waals surface area contributed by atoms with Crippen molar-refractivity contribution in [2.75, 3.05) is 5.43 Å². The van der Waals surface area contributed by atoms with E-state index in [2.05, 4.69) is 38.6 Å². The van der Waals surface area contributed by atoms with Gasteiger partial charge in [-0.1, -0.05) is 19.8 Å². The Labute approximate surface area is 121 Å². The molecule has 104 valence electrons. The molecule has 0 radical (unpaired) electrons. The number of rotatable bonds is 6. The van der Waals surface area contributed by atoms with E-state index in [1.54, 1.807) is 12.3 Å². The summed E-state index contributed by atoms with van der Waals surface area (Å²) in [6.07, 6.45) is 6.19. The molecule has 0 bridgehead atoms. The number of nitrogen functional groups attached to an aromatic ring is 1. The van der Waals surface area contributed by atoms with Crippen LogP contribution in [0.4, 0.5) is 5.82 Å². The number of aromatic nitrogens is 1. The molecule has 0 saturated heterocycles. The molecule has 1 heterocycles. The molecule has 0 aliphatic heterocycles. The zero-order chi connectivity index (χ0) is 13.8. The highest BCUT2D eigenvalue weighted by Crippen LogP contribution is 2.34. The van der Waals surface area contributed by atoms with Crippen LogP contribution in [0.5, 0.6) is 0 Å². The third-order valence-electron chi connectivity index (χ3n) is 3.38. The van der Waals surface area contributed by atoms with E-state index < -0.39 is 0 Å². The first-order chi connectivity index (χ1) is 9.13. The minimum atomic E-state index is -0.130. The summed E-state index contributed by atoms with van der Waals surface area (Å²) in [7, 11) is 0. The molecule has 1 amide bonds. The van der Waals surface area contributed by atoms with Gasteiger partial charge in [0.2, 0.25) is 0 Å². The van der Waals surface area contributed by atoms with Gasteiger partial charge in [0.1, 0.15) is 0 Å². The number of hydrazine groups is 1. The number of carbonyl (C=O) groups excluding carboxylic acids is 1. The third kappa shape index (κ3) is 3.91. The van der Waals surface area contributed by atoms with E-state index in [9.17, 15) is 4.79 Å². The number of pyridine rings is 1. The molecule has 2 rings (SSSR count). The van der Waals surface area contributed by atoms with Crippen LogP contribution in [0.25, 0.3) is 0 Å². The molecule has 1 aromatic rings. The zero-order valence-electron chi connectivity index (χ0n) is 10.9. The highest BCUT2D eigenvalue weighted by Gasteiger charge is 2.26. The standard InChI is InChI=1S/C13H19BrN4O/c1-2-10(5-8-3-4-8)17-13(19)11-6-9(14)7-16-12(11)18-15/h6-8,10H,2-5,15H2,1H3,(H,16,18)(H,17,19). The van der Waals surface area contributed by atoms with E-state index in [-0.39, 0.29) is 11.9 Å². The van der Waals surface area contributed by atoms with Crippen LogP contribution in [0.15, 0.2) is 16.7 Å². The summed E-state index contributed by atoms with van der Waals surface area (Å²) in [6.45, 7) is 2.09. The van der Waals surface area contributed by atoms with Crippen LogP contribution >= 0.6 is 15.9 Å². The molecule has 1 fully saturated rings. The number of nitrogens with two attached hydrogens (primary N) is 1. The van der Waals surface area contributed by atoms with Crippen molar-refractivity contribution >= 4 is 27.7 Å². The van der Waals surface area contributed by atoms with Gasteiger partial charge in [0.15, 0.2) is 5.82 Å². The summed E-state index contributed by atoms with van der Waals surface area (Å²) in [6, 6.07) is 1.95. The predicted molar refractivity (Wildman–Crippen MR) is 78.6 cm³/mol. The van der Waals surface area contributed by atoms with Crippen molar-refractivity contribution in [3.8, 4) is 0 Å². The zero-order valence-corrected chi connectivity index (χ0v) is 12.5. The van der Waals surface area contributed by atoms with E-state index in [0.29, 0.717) is 11.4 Å². The lowest BCUT2D eigenvalue weighted by molar-refractivity contribution is 0.0933. The fourth-order valence-electron chi connectivity index (χ4n) is 2.07. The van der Waals surface area contributed by atoms with E-state index in [1.165, 1.54) is 12.8 Å². The molecular formula is C13H19BrN4O. The Kier molecular flexibility index (Phi) is 4.76. The van der Waals surface area contributed by atoms with Crippen LogP contribution in [-0.2, 0) is 0 Å². The van der Waals surface area contributed by atoms with E-state index in [1.807, 2.05) is 0 Å². The Morgan fingerprint density at radius 3 is 2.95 bits per heavy atom. The largest absolute Gasteiger partial charge is 0.349 e. The summed E-state index contributed by atoms with van der Waals surface area (Å²) in [5, 5.41) is 3.06. The maximum atomic E-state index is 12.3. The average Bonchev–Trinajstić information content (AvgIpc) is 3.21. The third-order valence-corrected chi connectivity index (χ3v) is 3.81. The van der Waals surface area contributed by atoms with Crippen LogP contribution < -0.4 is 16.6 Å². The van der Waals surface area contributed by atoms with Crippen LogP contribution in [0.2, 0.25) is 0 Å². The lowest BCUT2D eigenvalue weighted by Gasteiger charge is -2.17. The van der Waals surface area contributed by atoms with Gasteiger partial charge in [-0.15, -0.1) is 0 Å². The SMILES string of the molecule is CCC(CC1CC1)NC(=O)c1cc(Br)cnc1NN. The number of hydrogen-bond donors (Lipinski definition) is 3. The second-order valence-electron chi connectivity index (χ2n) is 4.95. The first-order valence-corrected chi connectivity index (χ1v) is 7.36. The topological polar surface area (TPSA) is 80.0 Å².